The van der Waals surface area contributed by atoms with Crippen LogP contribution < -0.4 is 0 Å². The minimum absolute atomic E-state index is 0.0924. The lowest BCUT2D eigenvalue weighted by atomic mass is 10.0. The first kappa shape index (κ1) is 63.8. The number of carbonyl (C=O) groups excluding carboxylic acids is 3. The van der Waals surface area contributed by atoms with Crippen molar-refractivity contribution < 1.29 is 28.6 Å². The van der Waals surface area contributed by atoms with E-state index in [0.29, 0.717) is 19.3 Å². The summed E-state index contributed by atoms with van der Waals surface area (Å²) in [6.45, 7) is 6.49. The molecule has 1 atom stereocenters. The van der Waals surface area contributed by atoms with E-state index in [1.54, 1.807) is 0 Å². The van der Waals surface area contributed by atoms with Gasteiger partial charge in [0.2, 0.25) is 0 Å². The number of hydrogen-bond acceptors (Lipinski definition) is 6. The molecule has 386 valence electrons. The molecule has 0 rings (SSSR count). The third kappa shape index (κ3) is 53.7. The molecule has 0 aliphatic heterocycles. The fraction of sp³-hybridized carbons (Fsp3) is 0.754. The molecule has 0 heterocycles. The Kier molecular flexibility index (Phi) is 52.8. The van der Waals surface area contributed by atoms with Gasteiger partial charge in [0, 0.05) is 19.3 Å². The molecule has 67 heavy (non-hydrogen) atoms. The molecular formula is C61H106O6. The van der Waals surface area contributed by atoms with Crippen LogP contribution in [0.3, 0.4) is 0 Å². The van der Waals surface area contributed by atoms with Gasteiger partial charge >= 0.3 is 17.9 Å². The molecule has 0 radical (unpaired) electrons. The van der Waals surface area contributed by atoms with E-state index in [9.17, 15) is 14.4 Å². The van der Waals surface area contributed by atoms with Gasteiger partial charge in [0.1, 0.15) is 13.2 Å². The average molecular weight is 936 g/mol. The number of carbonyl (C=O) groups is 3. The topological polar surface area (TPSA) is 78.9 Å². The Balaban J connectivity index is 4.44. The Bertz CT molecular complexity index is 1260. The lowest BCUT2D eigenvalue weighted by Gasteiger charge is -2.18. The maximum atomic E-state index is 12.8. The van der Waals surface area contributed by atoms with Crippen molar-refractivity contribution in [3.05, 3.63) is 72.9 Å². The third-order valence-corrected chi connectivity index (χ3v) is 12.2. The quantitative estimate of drug-likeness (QED) is 0.0262. The molecule has 0 aromatic carbocycles. The summed E-state index contributed by atoms with van der Waals surface area (Å²) in [5.41, 5.74) is 0. The summed E-state index contributed by atoms with van der Waals surface area (Å²) in [5, 5.41) is 0. The van der Waals surface area contributed by atoms with Crippen LogP contribution in [0.25, 0.3) is 0 Å². The largest absolute Gasteiger partial charge is 0.462 e. The Hall–Kier alpha value is -3.15. The summed E-state index contributed by atoms with van der Waals surface area (Å²) in [7, 11) is 0. The van der Waals surface area contributed by atoms with E-state index in [1.165, 1.54) is 154 Å². The second-order valence-electron chi connectivity index (χ2n) is 18.8. The van der Waals surface area contributed by atoms with Gasteiger partial charge in [-0.3, -0.25) is 14.4 Å². The first-order chi connectivity index (χ1) is 33.0. The van der Waals surface area contributed by atoms with Crippen LogP contribution in [0.4, 0.5) is 0 Å². The highest BCUT2D eigenvalue weighted by Crippen LogP contribution is 2.16. The first-order valence-electron chi connectivity index (χ1n) is 28.4. The summed E-state index contributed by atoms with van der Waals surface area (Å²) in [6, 6.07) is 0. The van der Waals surface area contributed by atoms with E-state index in [-0.39, 0.29) is 37.5 Å². The summed E-state index contributed by atoms with van der Waals surface area (Å²) < 4.78 is 16.8. The summed E-state index contributed by atoms with van der Waals surface area (Å²) >= 11 is 0. The Morgan fingerprint density at radius 3 is 1.00 bits per heavy atom. The molecule has 0 unspecified atom stereocenters. The standard InChI is InChI=1S/C61H106O6/c1-4-7-10-13-16-19-22-25-28-30-33-35-38-41-44-47-50-53-59(62)65-56-58(67-61(64)55-52-49-46-43-40-37-32-27-24-21-18-15-12-9-6-3)57-66-60(63)54-51-48-45-42-39-36-34-31-29-26-23-20-17-14-11-8-5-2/h7,10,16,19,21,24-25,28,33,35,41,44,58H,4-6,8-9,11-15,17-18,20,22-23,26-27,29-32,34,36-40,42-43,45-57H2,1-3H3/b10-7-,19-16-,24-21-,28-25-,35-33-,44-41-/t58-/m1/s1. The van der Waals surface area contributed by atoms with Gasteiger partial charge in [-0.2, -0.15) is 0 Å². The van der Waals surface area contributed by atoms with Crippen molar-refractivity contribution in [3.8, 4) is 0 Å². The van der Waals surface area contributed by atoms with E-state index < -0.39 is 6.10 Å². The summed E-state index contributed by atoms with van der Waals surface area (Å²) in [5.74, 6) is -0.948. The van der Waals surface area contributed by atoms with Crippen LogP contribution in [0.15, 0.2) is 72.9 Å². The highest BCUT2D eigenvalue weighted by molar-refractivity contribution is 5.71. The van der Waals surface area contributed by atoms with Crippen LogP contribution in [0, 0.1) is 0 Å². The maximum absolute atomic E-state index is 12.8. The summed E-state index contributed by atoms with van der Waals surface area (Å²) in [4.78, 5) is 38.1. The molecule has 0 aromatic heterocycles. The number of unbranched alkanes of at least 4 members (excludes halogenated alkanes) is 28. The lowest BCUT2D eigenvalue weighted by Crippen LogP contribution is -2.30. The van der Waals surface area contributed by atoms with E-state index >= 15 is 0 Å². The van der Waals surface area contributed by atoms with Gasteiger partial charge in [-0.05, 0) is 83.5 Å². The molecule has 0 amide bonds. The minimum Gasteiger partial charge on any atom is -0.462 e. The molecule has 6 nitrogen and oxygen atoms in total. The van der Waals surface area contributed by atoms with Crippen LogP contribution in [0.5, 0.6) is 0 Å². The van der Waals surface area contributed by atoms with Gasteiger partial charge in [0.05, 0.1) is 0 Å². The molecule has 0 saturated heterocycles. The monoisotopic (exact) mass is 935 g/mol. The van der Waals surface area contributed by atoms with Crippen molar-refractivity contribution in [1.29, 1.82) is 0 Å². The molecule has 0 spiro atoms. The fourth-order valence-corrected chi connectivity index (χ4v) is 7.94. The molecule has 0 aliphatic carbocycles. The van der Waals surface area contributed by atoms with Gasteiger partial charge in [-0.1, -0.05) is 248 Å². The number of esters is 3. The molecule has 0 N–H and O–H groups in total. The zero-order chi connectivity index (χ0) is 48.6. The SMILES string of the molecule is CC/C=C\C/C=C\C/C=C\C/C=C\C/C=C\CCCC(=O)OC[C@H](COC(=O)CCCCCCCCCCCCCCCCCCC)OC(=O)CCCCCCCCC/C=C\CCCCCC. The number of ether oxygens (including phenoxy) is 3. The Morgan fingerprint density at radius 2 is 0.597 bits per heavy atom. The first-order valence-corrected chi connectivity index (χ1v) is 28.4. The van der Waals surface area contributed by atoms with E-state index in [4.69, 9.17) is 14.2 Å². The van der Waals surface area contributed by atoms with Crippen molar-refractivity contribution in [2.24, 2.45) is 0 Å². The third-order valence-electron chi connectivity index (χ3n) is 12.2. The van der Waals surface area contributed by atoms with Crippen LogP contribution >= 0.6 is 0 Å². The molecule has 0 saturated carbocycles. The minimum atomic E-state index is -0.799. The van der Waals surface area contributed by atoms with E-state index in [2.05, 4.69) is 93.7 Å². The molecule has 0 fully saturated rings. The van der Waals surface area contributed by atoms with Crippen molar-refractivity contribution in [2.45, 2.75) is 284 Å². The Labute approximate surface area is 414 Å². The van der Waals surface area contributed by atoms with Crippen molar-refractivity contribution in [2.75, 3.05) is 13.2 Å². The van der Waals surface area contributed by atoms with Crippen molar-refractivity contribution >= 4 is 17.9 Å². The normalized spacial score (nSPS) is 12.6. The van der Waals surface area contributed by atoms with Crippen molar-refractivity contribution in [3.63, 3.8) is 0 Å². The fourth-order valence-electron chi connectivity index (χ4n) is 7.94. The van der Waals surface area contributed by atoms with E-state index in [0.717, 1.165) is 77.0 Å². The van der Waals surface area contributed by atoms with Crippen LogP contribution in [0.2, 0.25) is 0 Å². The number of rotatable bonds is 51. The molecule has 6 heteroatoms. The van der Waals surface area contributed by atoms with Gasteiger partial charge in [-0.25, -0.2) is 0 Å². The zero-order valence-electron chi connectivity index (χ0n) is 44.2. The molecule has 0 aromatic rings. The number of hydrogen-bond donors (Lipinski definition) is 0. The average Bonchev–Trinajstić information content (AvgIpc) is 3.33. The second kappa shape index (κ2) is 55.4. The van der Waals surface area contributed by atoms with Crippen LogP contribution in [0.1, 0.15) is 278 Å². The zero-order valence-corrected chi connectivity index (χ0v) is 44.2. The second-order valence-corrected chi connectivity index (χ2v) is 18.8. The van der Waals surface area contributed by atoms with Crippen LogP contribution in [-0.4, -0.2) is 37.2 Å². The predicted octanol–water partition coefficient (Wildman–Crippen LogP) is 19.0. The summed E-state index contributed by atoms with van der Waals surface area (Å²) in [6.07, 6.45) is 70.4. The van der Waals surface area contributed by atoms with Gasteiger partial charge in [-0.15, -0.1) is 0 Å². The molecule has 0 bridgehead atoms. The van der Waals surface area contributed by atoms with Gasteiger partial charge in [0.15, 0.2) is 6.10 Å². The van der Waals surface area contributed by atoms with Gasteiger partial charge < -0.3 is 14.2 Å². The van der Waals surface area contributed by atoms with E-state index in [1.807, 2.05) is 0 Å². The smallest absolute Gasteiger partial charge is 0.306 e. The highest BCUT2D eigenvalue weighted by Gasteiger charge is 2.19. The predicted molar refractivity (Wildman–Crippen MR) is 288 cm³/mol. The lowest BCUT2D eigenvalue weighted by molar-refractivity contribution is -0.167. The van der Waals surface area contributed by atoms with Crippen molar-refractivity contribution in [1.82, 2.24) is 0 Å². The number of allylic oxidation sites excluding steroid dienone is 12. The molecule has 0 aliphatic rings. The van der Waals surface area contributed by atoms with Gasteiger partial charge in [0.25, 0.3) is 0 Å². The maximum Gasteiger partial charge on any atom is 0.306 e. The Morgan fingerprint density at radius 1 is 0.313 bits per heavy atom. The van der Waals surface area contributed by atoms with Crippen LogP contribution in [-0.2, 0) is 28.6 Å². The highest BCUT2D eigenvalue weighted by atomic mass is 16.6. The molecular weight excluding hydrogens is 829 g/mol.